The Morgan fingerprint density at radius 3 is 3.18 bits per heavy atom. The molecule has 92 valence electrons. The third-order valence-electron chi connectivity index (χ3n) is 3.15. The minimum atomic E-state index is -0.0157. The second-order valence-electron chi connectivity index (χ2n) is 4.61. The predicted octanol–water partition coefficient (Wildman–Crippen LogP) is 1.26. The number of hydrogen-bond donors (Lipinski definition) is 2. The fourth-order valence-corrected chi connectivity index (χ4v) is 2.16. The summed E-state index contributed by atoms with van der Waals surface area (Å²) in [5.41, 5.74) is 0.908. The van der Waals surface area contributed by atoms with Crippen molar-refractivity contribution >= 4 is 5.91 Å². The Hall–Kier alpha value is -1.42. The summed E-state index contributed by atoms with van der Waals surface area (Å²) in [6, 6.07) is 5.73. The van der Waals surface area contributed by atoms with Gasteiger partial charge < -0.3 is 10.6 Å². The number of pyridine rings is 1. The fraction of sp³-hybridized carbons (Fsp3) is 0.538. The molecule has 1 unspecified atom stereocenters. The Kier molecular flexibility index (Phi) is 4.09. The van der Waals surface area contributed by atoms with E-state index in [1.54, 1.807) is 6.20 Å². The first-order valence-corrected chi connectivity index (χ1v) is 6.16. The van der Waals surface area contributed by atoms with E-state index < -0.39 is 0 Å². The summed E-state index contributed by atoms with van der Waals surface area (Å²) in [6.45, 7) is 3.96. The van der Waals surface area contributed by atoms with Crippen molar-refractivity contribution in [2.75, 3.05) is 13.1 Å². The monoisotopic (exact) mass is 233 g/mol. The quantitative estimate of drug-likeness (QED) is 0.823. The summed E-state index contributed by atoms with van der Waals surface area (Å²) >= 11 is 0. The van der Waals surface area contributed by atoms with Crippen LogP contribution in [0.2, 0.25) is 0 Å². The van der Waals surface area contributed by atoms with Gasteiger partial charge in [0.2, 0.25) is 5.91 Å². The van der Waals surface area contributed by atoms with Crippen LogP contribution in [0.4, 0.5) is 0 Å². The van der Waals surface area contributed by atoms with Crippen molar-refractivity contribution in [2.24, 2.45) is 5.92 Å². The lowest BCUT2D eigenvalue weighted by molar-refractivity contribution is -0.122. The van der Waals surface area contributed by atoms with Gasteiger partial charge in [-0.1, -0.05) is 6.07 Å². The number of carbonyl (C=O) groups excluding carboxylic acids is 1. The lowest BCUT2D eigenvalue weighted by Gasteiger charge is -2.15. The lowest BCUT2D eigenvalue weighted by Crippen LogP contribution is -2.29. The molecule has 2 rings (SSSR count). The normalized spacial score (nSPS) is 21.1. The molecule has 0 bridgehead atoms. The lowest BCUT2D eigenvalue weighted by atomic mass is 10.0. The zero-order valence-corrected chi connectivity index (χ0v) is 10.1. The van der Waals surface area contributed by atoms with Crippen molar-refractivity contribution in [3.8, 4) is 0 Å². The molecule has 0 aromatic carbocycles. The van der Waals surface area contributed by atoms with E-state index in [-0.39, 0.29) is 11.9 Å². The first-order valence-electron chi connectivity index (χ1n) is 6.16. The molecule has 1 aromatic heterocycles. The smallest absolute Gasteiger partial charge is 0.220 e. The molecule has 1 fully saturated rings. The molecule has 1 aliphatic rings. The van der Waals surface area contributed by atoms with Crippen LogP contribution in [0.3, 0.4) is 0 Å². The molecule has 2 atom stereocenters. The van der Waals surface area contributed by atoms with Gasteiger partial charge in [-0.05, 0) is 44.5 Å². The van der Waals surface area contributed by atoms with Gasteiger partial charge in [-0.25, -0.2) is 0 Å². The van der Waals surface area contributed by atoms with E-state index in [1.807, 2.05) is 25.1 Å². The van der Waals surface area contributed by atoms with E-state index >= 15 is 0 Å². The van der Waals surface area contributed by atoms with Gasteiger partial charge in [0, 0.05) is 12.6 Å². The molecular formula is C13H19N3O. The molecule has 0 aliphatic carbocycles. The average Bonchev–Trinajstić information content (AvgIpc) is 2.82. The maximum atomic E-state index is 11.8. The van der Waals surface area contributed by atoms with Crippen LogP contribution in [0.1, 0.15) is 31.5 Å². The molecule has 1 aliphatic heterocycles. The minimum absolute atomic E-state index is 0.0157. The minimum Gasteiger partial charge on any atom is -0.348 e. The summed E-state index contributed by atoms with van der Waals surface area (Å²) in [6.07, 6.45) is 3.47. The van der Waals surface area contributed by atoms with Gasteiger partial charge in [-0.3, -0.25) is 9.78 Å². The molecular weight excluding hydrogens is 214 g/mol. The van der Waals surface area contributed by atoms with E-state index in [0.717, 1.165) is 25.2 Å². The highest BCUT2D eigenvalue weighted by molar-refractivity contribution is 5.76. The molecule has 1 aromatic rings. The zero-order chi connectivity index (χ0) is 12.1. The molecule has 1 amide bonds. The van der Waals surface area contributed by atoms with Crippen LogP contribution >= 0.6 is 0 Å². The maximum absolute atomic E-state index is 11.8. The standard InChI is InChI=1S/C13H19N3O/c1-10(12-4-2-3-6-15-12)16-13(17)8-11-5-7-14-9-11/h2-4,6,10-11,14H,5,7-9H2,1H3,(H,16,17)/t10-,11?/m1/s1. The highest BCUT2D eigenvalue weighted by atomic mass is 16.1. The van der Waals surface area contributed by atoms with Gasteiger partial charge in [-0.2, -0.15) is 0 Å². The molecule has 2 N–H and O–H groups in total. The first-order chi connectivity index (χ1) is 8.25. The summed E-state index contributed by atoms with van der Waals surface area (Å²) in [7, 11) is 0. The summed E-state index contributed by atoms with van der Waals surface area (Å²) < 4.78 is 0. The van der Waals surface area contributed by atoms with E-state index in [9.17, 15) is 4.79 Å². The number of hydrogen-bond acceptors (Lipinski definition) is 3. The number of rotatable bonds is 4. The Bertz CT molecular complexity index is 360. The number of aromatic nitrogens is 1. The summed E-state index contributed by atoms with van der Waals surface area (Å²) in [5.74, 6) is 0.614. The van der Waals surface area contributed by atoms with Crippen LogP contribution in [0.15, 0.2) is 24.4 Å². The topological polar surface area (TPSA) is 54.0 Å². The molecule has 0 spiro atoms. The first kappa shape index (κ1) is 12.0. The molecule has 0 saturated carbocycles. The highest BCUT2D eigenvalue weighted by Gasteiger charge is 2.19. The predicted molar refractivity (Wildman–Crippen MR) is 66.4 cm³/mol. The number of amides is 1. The SMILES string of the molecule is C[C@@H](NC(=O)CC1CCNC1)c1ccccn1. The summed E-state index contributed by atoms with van der Waals surface area (Å²) in [5, 5.41) is 6.26. The molecule has 2 heterocycles. The van der Waals surface area contributed by atoms with Crippen LogP contribution in [0, 0.1) is 5.92 Å². The van der Waals surface area contributed by atoms with Crippen molar-refractivity contribution in [1.82, 2.24) is 15.6 Å². The third kappa shape index (κ3) is 3.53. The van der Waals surface area contributed by atoms with Crippen LogP contribution < -0.4 is 10.6 Å². The van der Waals surface area contributed by atoms with Crippen molar-refractivity contribution < 1.29 is 4.79 Å². The maximum Gasteiger partial charge on any atom is 0.220 e. The van der Waals surface area contributed by atoms with Gasteiger partial charge >= 0.3 is 0 Å². The van der Waals surface area contributed by atoms with E-state index in [2.05, 4.69) is 15.6 Å². The van der Waals surface area contributed by atoms with Crippen LogP contribution in [0.25, 0.3) is 0 Å². The van der Waals surface area contributed by atoms with Crippen LogP contribution in [-0.4, -0.2) is 24.0 Å². The number of nitrogens with zero attached hydrogens (tertiary/aromatic N) is 1. The second kappa shape index (κ2) is 5.77. The average molecular weight is 233 g/mol. The highest BCUT2D eigenvalue weighted by Crippen LogP contribution is 2.14. The van der Waals surface area contributed by atoms with Gasteiger partial charge in [0.05, 0.1) is 11.7 Å². The van der Waals surface area contributed by atoms with Crippen molar-refractivity contribution in [3.63, 3.8) is 0 Å². The molecule has 4 nitrogen and oxygen atoms in total. The molecule has 0 radical (unpaired) electrons. The second-order valence-corrected chi connectivity index (χ2v) is 4.61. The van der Waals surface area contributed by atoms with Crippen molar-refractivity contribution in [1.29, 1.82) is 0 Å². The Morgan fingerprint density at radius 2 is 2.53 bits per heavy atom. The van der Waals surface area contributed by atoms with Gasteiger partial charge in [0.15, 0.2) is 0 Å². The van der Waals surface area contributed by atoms with Crippen molar-refractivity contribution in [2.45, 2.75) is 25.8 Å². The Balaban J connectivity index is 1.81. The Labute approximate surface area is 102 Å². The van der Waals surface area contributed by atoms with Crippen LogP contribution in [-0.2, 0) is 4.79 Å². The van der Waals surface area contributed by atoms with Crippen molar-refractivity contribution in [3.05, 3.63) is 30.1 Å². The molecule has 1 saturated heterocycles. The summed E-state index contributed by atoms with van der Waals surface area (Å²) in [4.78, 5) is 16.1. The van der Waals surface area contributed by atoms with Gasteiger partial charge in [-0.15, -0.1) is 0 Å². The number of nitrogens with one attached hydrogen (secondary N) is 2. The van der Waals surface area contributed by atoms with E-state index in [0.29, 0.717) is 12.3 Å². The molecule has 17 heavy (non-hydrogen) atoms. The molecule has 4 heteroatoms. The Morgan fingerprint density at radius 1 is 1.65 bits per heavy atom. The zero-order valence-electron chi connectivity index (χ0n) is 10.1. The van der Waals surface area contributed by atoms with Gasteiger partial charge in [0.1, 0.15) is 0 Å². The third-order valence-corrected chi connectivity index (χ3v) is 3.15. The van der Waals surface area contributed by atoms with E-state index in [1.165, 1.54) is 0 Å². The fourth-order valence-electron chi connectivity index (χ4n) is 2.16. The number of carbonyl (C=O) groups is 1. The van der Waals surface area contributed by atoms with Crippen LogP contribution in [0.5, 0.6) is 0 Å². The van der Waals surface area contributed by atoms with E-state index in [4.69, 9.17) is 0 Å². The van der Waals surface area contributed by atoms with Gasteiger partial charge in [0.25, 0.3) is 0 Å². The largest absolute Gasteiger partial charge is 0.348 e.